The maximum absolute atomic E-state index is 13.1. The van der Waals surface area contributed by atoms with Gasteiger partial charge in [0.2, 0.25) is 0 Å². The first-order valence-electron chi connectivity index (χ1n) is 11.9. The van der Waals surface area contributed by atoms with Gasteiger partial charge in [0.25, 0.3) is 0 Å². The number of rotatable bonds is 7. The number of halogens is 4. The van der Waals surface area contributed by atoms with Crippen LogP contribution in [0.3, 0.4) is 0 Å². The molecular formula is C26H38ClF3N2O2. The minimum Gasteiger partial charge on any atom is -0.493 e. The predicted octanol–water partition coefficient (Wildman–Crippen LogP) is 8.07. The van der Waals surface area contributed by atoms with Crippen molar-refractivity contribution in [1.29, 1.82) is 0 Å². The maximum Gasteiger partial charge on any atom is 0.417 e. The summed E-state index contributed by atoms with van der Waals surface area (Å²) in [6.07, 6.45) is -1.22. The molecule has 0 saturated carbocycles. The molecule has 0 aromatic heterocycles. The average molecular weight is 503 g/mol. The highest BCUT2D eigenvalue weighted by molar-refractivity contribution is 6.31. The Hall–Kier alpha value is -2.12. The van der Waals surface area contributed by atoms with Crippen LogP contribution in [0.15, 0.2) is 36.4 Å². The van der Waals surface area contributed by atoms with Crippen molar-refractivity contribution in [1.82, 2.24) is 4.90 Å². The molecule has 0 radical (unpaired) electrons. The molecule has 192 valence electrons. The first-order chi connectivity index (χ1) is 16.3. The van der Waals surface area contributed by atoms with Crippen LogP contribution in [-0.2, 0) is 6.18 Å². The number of ether oxygens (including phenoxy) is 2. The molecule has 0 spiro atoms. The molecule has 1 heterocycles. The highest BCUT2D eigenvalue weighted by atomic mass is 35.5. The lowest BCUT2D eigenvalue weighted by molar-refractivity contribution is -0.137. The van der Waals surface area contributed by atoms with Gasteiger partial charge in [-0.1, -0.05) is 51.8 Å². The molecule has 34 heavy (non-hydrogen) atoms. The number of likely N-dealkylation sites (tertiary alicyclic amines) is 1. The van der Waals surface area contributed by atoms with Crippen LogP contribution >= 0.6 is 11.6 Å². The quantitative estimate of drug-likeness (QED) is 0.415. The van der Waals surface area contributed by atoms with Crippen LogP contribution in [0.4, 0.5) is 18.9 Å². The van der Waals surface area contributed by atoms with Crippen molar-refractivity contribution in [2.75, 3.05) is 39.2 Å². The molecule has 3 rings (SSSR count). The number of hydrogen-bond donors (Lipinski definition) is 1. The van der Waals surface area contributed by atoms with Crippen molar-refractivity contribution in [3.63, 3.8) is 0 Å². The minimum absolute atomic E-state index is 0.233. The Labute approximate surface area is 207 Å². The van der Waals surface area contributed by atoms with Gasteiger partial charge in [-0.05, 0) is 55.3 Å². The molecule has 2 aromatic rings. The number of alkyl halides is 3. The fourth-order valence-electron chi connectivity index (χ4n) is 3.89. The molecule has 0 bridgehead atoms. The topological polar surface area (TPSA) is 33.7 Å². The zero-order chi connectivity index (χ0) is 25.7. The van der Waals surface area contributed by atoms with E-state index in [2.05, 4.69) is 10.2 Å². The van der Waals surface area contributed by atoms with Crippen molar-refractivity contribution in [2.45, 2.75) is 59.2 Å². The highest BCUT2D eigenvalue weighted by Gasteiger charge is 2.33. The van der Waals surface area contributed by atoms with E-state index in [4.69, 9.17) is 21.1 Å². The van der Waals surface area contributed by atoms with Crippen LogP contribution in [0, 0.1) is 0 Å². The summed E-state index contributed by atoms with van der Waals surface area (Å²) in [6, 6.07) is 10.1. The number of piperidine rings is 1. The van der Waals surface area contributed by atoms with E-state index in [0.717, 1.165) is 37.4 Å². The minimum atomic E-state index is -4.47. The molecule has 1 unspecified atom stereocenters. The van der Waals surface area contributed by atoms with Gasteiger partial charge in [-0.2, -0.15) is 13.2 Å². The maximum atomic E-state index is 13.1. The van der Waals surface area contributed by atoms with Crippen molar-refractivity contribution >= 4 is 17.3 Å². The Bertz CT molecular complexity index is 862. The second-order valence-corrected chi connectivity index (χ2v) is 7.69. The van der Waals surface area contributed by atoms with E-state index in [-0.39, 0.29) is 11.1 Å². The predicted molar refractivity (Wildman–Crippen MR) is 135 cm³/mol. The second kappa shape index (κ2) is 15.0. The summed E-state index contributed by atoms with van der Waals surface area (Å²) >= 11 is 5.69. The number of benzene rings is 2. The van der Waals surface area contributed by atoms with Gasteiger partial charge in [0.15, 0.2) is 11.5 Å². The van der Waals surface area contributed by atoms with Gasteiger partial charge in [-0.25, -0.2) is 0 Å². The lowest BCUT2D eigenvalue weighted by Gasteiger charge is -2.36. The molecule has 0 aliphatic carbocycles. The molecule has 1 atom stereocenters. The number of nitrogens with one attached hydrogen (secondary N) is 1. The van der Waals surface area contributed by atoms with Gasteiger partial charge >= 0.3 is 6.18 Å². The number of methoxy groups -OCH3 is 2. The summed E-state index contributed by atoms with van der Waals surface area (Å²) in [6.45, 7) is 10.2. The second-order valence-electron chi connectivity index (χ2n) is 7.28. The van der Waals surface area contributed by atoms with Gasteiger partial charge in [0.05, 0.1) is 24.8 Å². The molecule has 1 aliphatic rings. The summed E-state index contributed by atoms with van der Waals surface area (Å²) < 4.78 is 49.9. The van der Waals surface area contributed by atoms with Crippen LogP contribution in [0.2, 0.25) is 5.02 Å². The van der Waals surface area contributed by atoms with Gasteiger partial charge in [0, 0.05) is 24.8 Å². The van der Waals surface area contributed by atoms with Crippen molar-refractivity contribution in [3.8, 4) is 11.5 Å². The van der Waals surface area contributed by atoms with E-state index in [1.165, 1.54) is 6.07 Å². The lowest BCUT2D eigenvalue weighted by atomic mass is 9.95. The fraction of sp³-hybridized carbons (Fsp3) is 0.538. The summed E-state index contributed by atoms with van der Waals surface area (Å²) in [7, 11) is 3.22. The van der Waals surface area contributed by atoms with E-state index in [1.807, 2.05) is 45.9 Å². The molecule has 0 amide bonds. The van der Waals surface area contributed by atoms with E-state index in [9.17, 15) is 13.2 Å². The standard InChI is InChI=1S/C22H26ClF3N2O2.2C2H6/c1-29-20-9-6-15(13-21(20)30-2)19-5-3-4-11-28(19)12-10-27-16-7-8-18(23)17(14-16)22(24,25)26;2*1-2/h6-9,13-14,19,27H,3-5,10-12H2,1-2H3;2*1-2H3. The van der Waals surface area contributed by atoms with E-state index < -0.39 is 11.7 Å². The van der Waals surface area contributed by atoms with E-state index in [1.54, 1.807) is 20.3 Å². The summed E-state index contributed by atoms with van der Waals surface area (Å²) in [5.41, 5.74) is 0.736. The summed E-state index contributed by atoms with van der Waals surface area (Å²) in [4.78, 5) is 2.36. The summed E-state index contributed by atoms with van der Waals surface area (Å²) in [5, 5.41) is 2.81. The molecule has 1 aliphatic heterocycles. The molecule has 2 aromatic carbocycles. The van der Waals surface area contributed by atoms with Crippen LogP contribution in [-0.4, -0.2) is 38.8 Å². The zero-order valence-electron chi connectivity index (χ0n) is 21.1. The normalized spacial score (nSPS) is 15.9. The Kier molecular flexibility index (Phi) is 13.2. The fourth-order valence-corrected chi connectivity index (χ4v) is 4.12. The molecular weight excluding hydrogens is 465 g/mol. The smallest absolute Gasteiger partial charge is 0.417 e. The third-order valence-electron chi connectivity index (χ3n) is 5.41. The lowest BCUT2D eigenvalue weighted by Crippen LogP contribution is -2.36. The van der Waals surface area contributed by atoms with E-state index in [0.29, 0.717) is 30.3 Å². The molecule has 8 heteroatoms. The summed E-state index contributed by atoms with van der Waals surface area (Å²) in [5.74, 6) is 1.38. The van der Waals surface area contributed by atoms with Gasteiger partial charge in [0.1, 0.15) is 0 Å². The number of anilines is 1. The first-order valence-corrected chi connectivity index (χ1v) is 12.3. The Morgan fingerprint density at radius 3 is 2.26 bits per heavy atom. The Morgan fingerprint density at radius 1 is 0.971 bits per heavy atom. The molecule has 1 fully saturated rings. The van der Waals surface area contributed by atoms with Crippen LogP contribution < -0.4 is 14.8 Å². The van der Waals surface area contributed by atoms with Crippen LogP contribution in [0.25, 0.3) is 0 Å². The first kappa shape index (κ1) is 29.9. The number of nitrogens with zero attached hydrogens (tertiary/aromatic N) is 1. The largest absolute Gasteiger partial charge is 0.493 e. The van der Waals surface area contributed by atoms with Crippen LogP contribution in [0.1, 0.15) is 64.1 Å². The average Bonchev–Trinajstić information content (AvgIpc) is 2.86. The van der Waals surface area contributed by atoms with Gasteiger partial charge in [-0.15, -0.1) is 0 Å². The Morgan fingerprint density at radius 2 is 1.65 bits per heavy atom. The van der Waals surface area contributed by atoms with Crippen LogP contribution in [0.5, 0.6) is 11.5 Å². The van der Waals surface area contributed by atoms with Crippen molar-refractivity contribution in [2.24, 2.45) is 0 Å². The Balaban J connectivity index is 0.00000137. The van der Waals surface area contributed by atoms with Crippen molar-refractivity contribution < 1.29 is 22.6 Å². The van der Waals surface area contributed by atoms with Gasteiger partial charge in [-0.3, -0.25) is 4.90 Å². The molecule has 4 nitrogen and oxygen atoms in total. The van der Waals surface area contributed by atoms with Crippen molar-refractivity contribution in [3.05, 3.63) is 52.5 Å². The SMILES string of the molecule is CC.CC.COc1ccc(C2CCCCN2CCNc2ccc(Cl)c(C(F)(F)F)c2)cc1OC. The molecule has 1 saturated heterocycles. The highest BCUT2D eigenvalue weighted by Crippen LogP contribution is 2.37. The monoisotopic (exact) mass is 502 g/mol. The van der Waals surface area contributed by atoms with Gasteiger partial charge < -0.3 is 14.8 Å². The third kappa shape index (κ3) is 8.27. The molecule has 1 N–H and O–H groups in total. The zero-order valence-corrected chi connectivity index (χ0v) is 21.8. The van der Waals surface area contributed by atoms with E-state index >= 15 is 0 Å². The number of hydrogen-bond acceptors (Lipinski definition) is 4. The third-order valence-corrected chi connectivity index (χ3v) is 5.74.